The number of carbonyl (C=O) groups excluding carboxylic acids is 1. The van der Waals surface area contributed by atoms with Gasteiger partial charge in [0.1, 0.15) is 5.78 Å². The molecule has 1 heterocycles. The first-order valence-electron chi connectivity index (χ1n) is 10.8. The van der Waals surface area contributed by atoms with Gasteiger partial charge >= 0.3 is 0 Å². The number of aromatic nitrogens is 1. The van der Waals surface area contributed by atoms with Gasteiger partial charge in [-0.2, -0.15) is 0 Å². The van der Waals surface area contributed by atoms with E-state index >= 15 is 0 Å². The van der Waals surface area contributed by atoms with E-state index in [1.165, 1.54) is 33.5 Å². The number of H-pyrrole nitrogens is 1. The van der Waals surface area contributed by atoms with Gasteiger partial charge in [0.05, 0.1) is 11.5 Å². The number of Topliss-reactive ketones (excluding diaryl/α,β-unsaturated/α-hetero) is 1. The maximum absolute atomic E-state index is 12.5. The zero-order chi connectivity index (χ0) is 21.1. The number of aryl methyl sites for hydroxylation is 1. The summed E-state index contributed by atoms with van der Waals surface area (Å²) in [6.45, 7) is 9.80. The molecule has 2 N–H and O–H groups in total. The van der Waals surface area contributed by atoms with Gasteiger partial charge in [0, 0.05) is 22.7 Å². The number of aliphatic hydroxyl groups is 1. The summed E-state index contributed by atoms with van der Waals surface area (Å²) in [6.07, 6.45) is 3.36. The molecule has 0 aliphatic heterocycles. The van der Waals surface area contributed by atoms with Crippen LogP contribution in [0, 0.1) is 19.8 Å². The molecule has 4 rings (SSSR count). The molecule has 29 heavy (non-hydrogen) atoms. The molecule has 2 aliphatic rings. The first-order chi connectivity index (χ1) is 13.6. The summed E-state index contributed by atoms with van der Waals surface area (Å²) < 4.78 is 0. The topological polar surface area (TPSA) is 53.1 Å². The van der Waals surface area contributed by atoms with E-state index in [9.17, 15) is 9.90 Å². The smallest absolute Gasteiger partial charge is 0.138 e. The number of alkyl halides is 1. The Hall–Kier alpha value is -1.58. The third-order valence-corrected chi connectivity index (χ3v) is 7.84. The first kappa shape index (κ1) is 20.7. The number of halogens is 1. The molecule has 4 atom stereocenters. The van der Waals surface area contributed by atoms with E-state index in [-0.39, 0.29) is 28.9 Å². The second kappa shape index (κ2) is 7.28. The second-order valence-electron chi connectivity index (χ2n) is 9.68. The standard InChI is InChI=1S/C25H32ClNO2/c1-13-7-6-8-17(14(13)2)22-20(26)12-19(15(3)28)24-23(22)18-10-9-16(25(4,5)29)11-21(18)27-24/h6-8,16,19-20,22,27,29H,9-12H2,1-5H3/t16-,19+,20+,22?/m0/s1. The van der Waals surface area contributed by atoms with E-state index in [4.69, 9.17) is 11.6 Å². The summed E-state index contributed by atoms with van der Waals surface area (Å²) in [4.78, 5) is 16.1. The number of ketones is 1. The van der Waals surface area contributed by atoms with E-state index < -0.39 is 5.60 Å². The van der Waals surface area contributed by atoms with E-state index in [0.29, 0.717) is 6.42 Å². The third-order valence-electron chi connectivity index (χ3n) is 7.41. The van der Waals surface area contributed by atoms with E-state index in [0.717, 1.165) is 25.0 Å². The molecule has 0 radical (unpaired) electrons. The Labute approximate surface area is 178 Å². The third kappa shape index (κ3) is 3.47. The van der Waals surface area contributed by atoms with Crippen molar-refractivity contribution in [3.8, 4) is 0 Å². The lowest BCUT2D eigenvalue weighted by atomic mass is 9.70. The lowest BCUT2D eigenvalue weighted by Gasteiger charge is -2.36. The van der Waals surface area contributed by atoms with E-state index in [2.05, 4.69) is 37.0 Å². The summed E-state index contributed by atoms with van der Waals surface area (Å²) in [7, 11) is 0. The predicted molar refractivity (Wildman–Crippen MR) is 118 cm³/mol. The Kier molecular flexibility index (Phi) is 5.19. The second-order valence-corrected chi connectivity index (χ2v) is 10.2. The highest BCUT2D eigenvalue weighted by Crippen LogP contribution is 2.50. The van der Waals surface area contributed by atoms with Crippen LogP contribution in [0.4, 0.5) is 0 Å². The van der Waals surface area contributed by atoms with Crippen LogP contribution < -0.4 is 0 Å². The van der Waals surface area contributed by atoms with Crippen molar-refractivity contribution >= 4 is 17.4 Å². The van der Waals surface area contributed by atoms with Gasteiger partial charge in [-0.15, -0.1) is 11.6 Å². The minimum absolute atomic E-state index is 0.0980. The van der Waals surface area contributed by atoms with Crippen molar-refractivity contribution in [2.75, 3.05) is 0 Å². The van der Waals surface area contributed by atoms with Gasteiger partial charge in [-0.05, 0) is 94.0 Å². The number of carbonyl (C=O) groups is 1. The monoisotopic (exact) mass is 413 g/mol. The Balaban J connectivity index is 1.88. The fourth-order valence-corrected chi connectivity index (χ4v) is 5.92. The molecule has 2 aromatic rings. The van der Waals surface area contributed by atoms with Crippen LogP contribution in [0.3, 0.4) is 0 Å². The van der Waals surface area contributed by atoms with Crippen LogP contribution in [-0.4, -0.2) is 26.9 Å². The molecule has 4 heteroatoms. The summed E-state index contributed by atoms with van der Waals surface area (Å²) >= 11 is 7.00. The summed E-state index contributed by atoms with van der Waals surface area (Å²) in [6, 6.07) is 6.45. The minimum atomic E-state index is -0.704. The van der Waals surface area contributed by atoms with Crippen LogP contribution in [0.2, 0.25) is 0 Å². The number of benzene rings is 1. The molecule has 0 fully saturated rings. The van der Waals surface area contributed by atoms with Crippen LogP contribution in [0.5, 0.6) is 0 Å². The number of hydrogen-bond donors (Lipinski definition) is 2. The summed E-state index contributed by atoms with van der Waals surface area (Å²) in [5.74, 6) is 0.326. The number of nitrogens with one attached hydrogen (secondary N) is 1. The maximum atomic E-state index is 12.5. The molecule has 0 saturated heterocycles. The van der Waals surface area contributed by atoms with Crippen LogP contribution in [0.15, 0.2) is 18.2 Å². The van der Waals surface area contributed by atoms with Crippen LogP contribution in [-0.2, 0) is 17.6 Å². The Morgan fingerprint density at radius 2 is 2.00 bits per heavy atom. The van der Waals surface area contributed by atoms with Crippen molar-refractivity contribution in [3.05, 3.63) is 57.4 Å². The molecule has 1 aromatic carbocycles. The predicted octanol–water partition coefficient (Wildman–Crippen LogP) is 5.32. The van der Waals surface area contributed by atoms with Gasteiger partial charge in [-0.1, -0.05) is 18.2 Å². The highest BCUT2D eigenvalue weighted by Gasteiger charge is 2.43. The van der Waals surface area contributed by atoms with Crippen LogP contribution in [0.1, 0.15) is 84.7 Å². The van der Waals surface area contributed by atoms with Crippen molar-refractivity contribution in [1.29, 1.82) is 0 Å². The minimum Gasteiger partial charge on any atom is -0.390 e. The SMILES string of the molecule is CC(=O)[C@H]1C[C@@H](Cl)C(c2cccc(C)c2C)c2c1[nH]c1c2CC[C@H](C(C)(C)O)C1. The van der Waals surface area contributed by atoms with Crippen molar-refractivity contribution < 1.29 is 9.90 Å². The van der Waals surface area contributed by atoms with Crippen molar-refractivity contribution in [1.82, 2.24) is 4.98 Å². The molecule has 0 bridgehead atoms. The lowest BCUT2D eigenvalue weighted by Crippen LogP contribution is -2.35. The lowest BCUT2D eigenvalue weighted by molar-refractivity contribution is -0.118. The first-order valence-corrected chi connectivity index (χ1v) is 11.2. The molecular formula is C25H32ClNO2. The number of rotatable bonds is 3. The van der Waals surface area contributed by atoms with E-state index in [1.54, 1.807) is 6.92 Å². The Morgan fingerprint density at radius 3 is 2.66 bits per heavy atom. The quantitative estimate of drug-likeness (QED) is 0.668. The maximum Gasteiger partial charge on any atom is 0.138 e. The average Bonchev–Trinajstić information content (AvgIpc) is 3.01. The Morgan fingerprint density at radius 1 is 1.28 bits per heavy atom. The molecule has 0 saturated carbocycles. The fraction of sp³-hybridized carbons (Fsp3) is 0.560. The fourth-order valence-electron chi connectivity index (χ4n) is 5.48. The highest BCUT2D eigenvalue weighted by molar-refractivity contribution is 6.22. The molecule has 0 amide bonds. The Bertz CT molecular complexity index is 952. The highest BCUT2D eigenvalue weighted by atomic mass is 35.5. The van der Waals surface area contributed by atoms with Crippen molar-refractivity contribution in [2.45, 2.75) is 83.1 Å². The molecule has 2 aliphatic carbocycles. The van der Waals surface area contributed by atoms with E-state index in [1.807, 2.05) is 13.8 Å². The molecule has 0 spiro atoms. The number of hydrogen-bond acceptors (Lipinski definition) is 2. The van der Waals surface area contributed by atoms with Gasteiger partial charge in [0.2, 0.25) is 0 Å². The molecular weight excluding hydrogens is 382 g/mol. The van der Waals surface area contributed by atoms with Gasteiger partial charge in [-0.25, -0.2) is 0 Å². The molecule has 3 nitrogen and oxygen atoms in total. The van der Waals surface area contributed by atoms with Gasteiger partial charge in [0.25, 0.3) is 0 Å². The summed E-state index contributed by atoms with van der Waals surface area (Å²) in [5.41, 5.74) is 7.99. The largest absolute Gasteiger partial charge is 0.390 e. The zero-order valence-corrected chi connectivity index (χ0v) is 18.9. The van der Waals surface area contributed by atoms with Crippen molar-refractivity contribution in [2.24, 2.45) is 5.92 Å². The van der Waals surface area contributed by atoms with Crippen LogP contribution >= 0.6 is 11.6 Å². The van der Waals surface area contributed by atoms with Crippen molar-refractivity contribution in [3.63, 3.8) is 0 Å². The summed E-state index contributed by atoms with van der Waals surface area (Å²) in [5, 5.41) is 10.5. The average molecular weight is 414 g/mol. The number of fused-ring (bicyclic) bond motifs is 3. The van der Waals surface area contributed by atoms with Gasteiger partial charge in [0.15, 0.2) is 0 Å². The normalized spacial score (nSPS) is 26.7. The molecule has 1 unspecified atom stereocenters. The zero-order valence-electron chi connectivity index (χ0n) is 18.1. The molecule has 156 valence electrons. The number of aromatic amines is 1. The van der Waals surface area contributed by atoms with Gasteiger partial charge < -0.3 is 10.1 Å². The van der Waals surface area contributed by atoms with Gasteiger partial charge in [-0.3, -0.25) is 4.79 Å². The molecule has 1 aromatic heterocycles. The van der Waals surface area contributed by atoms with Crippen LogP contribution in [0.25, 0.3) is 0 Å².